The van der Waals surface area contributed by atoms with E-state index in [1.54, 1.807) is 47.1 Å². The van der Waals surface area contributed by atoms with Gasteiger partial charge in [0.05, 0.1) is 39.8 Å². The summed E-state index contributed by atoms with van der Waals surface area (Å²) in [6.45, 7) is 1.54. The molecule has 0 spiro atoms. The Morgan fingerprint density at radius 1 is 1.08 bits per heavy atom. The Labute approximate surface area is 236 Å². The molecule has 2 N–H and O–H groups in total. The van der Waals surface area contributed by atoms with Crippen molar-refractivity contribution in [1.82, 2.24) is 17.2 Å². The normalized spacial score (nSPS) is 13.1. The highest BCUT2D eigenvalue weighted by Gasteiger charge is 2.31. The summed E-state index contributed by atoms with van der Waals surface area (Å²) in [6, 6.07) is 10.7. The van der Waals surface area contributed by atoms with Gasteiger partial charge in [-0.05, 0) is 78.8 Å². The molecule has 0 unspecified atom stereocenters. The van der Waals surface area contributed by atoms with Gasteiger partial charge in [0.1, 0.15) is 17.0 Å². The number of anilines is 2. The summed E-state index contributed by atoms with van der Waals surface area (Å²) in [5.74, 6) is -0.846. The Hall–Kier alpha value is -3.01. The van der Waals surface area contributed by atoms with E-state index in [4.69, 9.17) is 0 Å². The topological polar surface area (TPSA) is 107 Å². The summed E-state index contributed by atoms with van der Waals surface area (Å²) >= 11 is 3.71. The molecule has 0 radical (unpaired) electrons. The number of fused-ring (bicyclic) bond motifs is 1. The van der Waals surface area contributed by atoms with Crippen molar-refractivity contribution in [1.29, 1.82) is 0 Å². The van der Waals surface area contributed by atoms with E-state index in [1.165, 1.54) is 45.9 Å². The molecular formula is C25H20FI2N5O4. The molecule has 1 aliphatic rings. The maximum atomic E-state index is 14.8. The molecule has 9 nitrogen and oxygen atoms in total. The molecule has 0 aliphatic heterocycles. The van der Waals surface area contributed by atoms with Crippen LogP contribution in [0.2, 0.25) is 0 Å². The molecule has 0 saturated heterocycles. The van der Waals surface area contributed by atoms with E-state index in [-0.39, 0.29) is 39.9 Å². The lowest BCUT2D eigenvalue weighted by Crippen LogP contribution is -2.41. The Kier molecular flexibility index (Phi) is 6.72. The molecular weight excluding hydrogens is 707 g/mol. The minimum atomic E-state index is -0.602. The van der Waals surface area contributed by atoms with Crippen LogP contribution in [0, 0.1) is 16.3 Å². The number of carbonyl (C=O) groups excluding carboxylic acids is 1. The van der Waals surface area contributed by atoms with Gasteiger partial charge < -0.3 is 5.32 Å². The van der Waals surface area contributed by atoms with E-state index < -0.39 is 22.6 Å². The average Bonchev–Trinajstić information content (AvgIpc) is 3.71. The van der Waals surface area contributed by atoms with Crippen LogP contribution in [-0.2, 0) is 7.05 Å². The molecule has 1 saturated carbocycles. The van der Waals surface area contributed by atoms with Crippen LogP contribution < -0.4 is 25.7 Å². The smallest absolute Gasteiger partial charge is 0.336 e. The van der Waals surface area contributed by atoms with Crippen LogP contribution in [0.1, 0.15) is 34.8 Å². The van der Waals surface area contributed by atoms with Crippen LogP contribution in [0.25, 0.3) is 16.6 Å². The zero-order chi connectivity index (χ0) is 26.6. The van der Waals surface area contributed by atoms with Gasteiger partial charge in [-0.25, -0.2) is 9.18 Å². The number of nitrogens with one attached hydrogen (secondary N) is 2. The fourth-order valence-electron chi connectivity index (χ4n) is 4.41. The highest BCUT2D eigenvalue weighted by atomic mass is 127. The van der Waals surface area contributed by atoms with Gasteiger partial charge in [0, 0.05) is 27.8 Å². The lowest BCUT2D eigenvalue weighted by atomic mass is 10.1. The number of rotatable bonds is 5. The molecule has 1 aliphatic carbocycles. The number of benzene rings is 2. The molecule has 2 aromatic carbocycles. The first kappa shape index (κ1) is 25.6. The summed E-state index contributed by atoms with van der Waals surface area (Å²) in [7, 11) is 1.49. The molecule has 190 valence electrons. The predicted octanol–water partition coefficient (Wildman–Crippen LogP) is 4.06. The van der Waals surface area contributed by atoms with E-state index in [9.17, 15) is 23.6 Å². The predicted molar refractivity (Wildman–Crippen MR) is 156 cm³/mol. The number of carbonyl (C=O) groups is 1. The molecule has 2 aromatic heterocycles. The molecule has 0 bridgehead atoms. The minimum absolute atomic E-state index is 0.0695. The van der Waals surface area contributed by atoms with E-state index >= 15 is 0 Å². The van der Waals surface area contributed by atoms with Gasteiger partial charge in [-0.2, -0.15) is 0 Å². The first-order valence-corrected chi connectivity index (χ1v) is 13.4. The molecule has 12 heteroatoms. The van der Waals surface area contributed by atoms with Crippen LogP contribution in [0.3, 0.4) is 0 Å². The fourth-order valence-corrected chi connectivity index (χ4v) is 5.18. The number of pyridine rings is 1. The van der Waals surface area contributed by atoms with Crippen molar-refractivity contribution < 1.29 is 9.18 Å². The number of hydrogen-bond acceptors (Lipinski definition) is 5. The van der Waals surface area contributed by atoms with Gasteiger partial charge in [0.25, 0.3) is 17.0 Å². The largest absolute Gasteiger partial charge is 0.338 e. The van der Waals surface area contributed by atoms with Crippen molar-refractivity contribution >= 4 is 73.8 Å². The van der Waals surface area contributed by atoms with E-state index in [2.05, 4.69) is 8.85 Å². The first-order valence-electron chi connectivity index (χ1n) is 11.3. The second-order valence-electron chi connectivity index (χ2n) is 8.81. The van der Waals surface area contributed by atoms with E-state index in [1.807, 2.05) is 22.6 Å². The van der Waals surface area contributed by atoms with Crippen molar-refractivity contribution in [3.63, 3.8) is 0 Å². The Morgan fingerprint density at radius 3 is 2.46 bits per heavy atom. The van der Waals surface area contributed by atoms with Crippen molar-refractivity contribution in [2.75, 3.05) is 5.32 Å². The number of halogens is 3. The van der Waals surface area contributed by atoms with Crippen molar-refractivity contribution in [2.45, 2.75) is 25.8 Å². The van der Waals surface area contributed by atoms with Gasteiger partial charge in [-0.1, -0.05) is 6.07 Å². The van der Waals surface area contributed by atoms with Gasteiger partial charge in [0.15, 0.2) is 0 Å². The highest BCUT2D eigenvalue weighted by Crippen LogP contribution is 2.34. The maximum absolute atomic E-state index is 14.8. The second-order valence-corrected chi connectivity index (χ2v) is 10.6. The van der Waals surface area contributed by atoms with E-state index in [0.29, 0.717) is 27.7 Å². The Morgan fingerprint density at radius 2 is 1.81 bits per heavy atom. The number of aromatic nitrogens is 3. The van der Waals surface area contributed by atoms with Crippen molar-refractivity contribution in [3.05, 3.63) is 94.2 Å². The third-order valence-corrected chi connectivity index (χ3v) is 7.55. The van der Waals surface area contributed by atoms with Crippen molar-refractivity contribution in [2.24, 2.45) is 7.05 Å². The lowest BCUT2D eigenvalue weighted by molar-refractivity contribution is 0.0989. The zero-order valence-corrected chi connectivity index (χ0v) is 24.0. The quantitative estimate of drug-likeness (QED) is 0.239. The van der Waals surface area contributed by atoms with Crippen LogP contribution >= 0.6 is 45.5 Å². The molecule has 37 heavy (non-hydrogen) atoms. The van der Waals surface area contributed by atoms with Gasteiger partial charge in [-0.3, -0.25) is 31.6 Å². The molecule has 0 atom stereocenters. The summed E-state index contributed by atoms with van der Waals surface area (Å²) in [6.07, 6.45) is 1.33. The standard InChI is InChI=1S/C25H20FI2N5O4/c1-12-20-19(21(31(2)23(12)35)29-18-9-6-14(27)11-17(18)26)24(36)33(15-7-8-15)25(37)32(20)16-5-3-4-13(10-16)22(34)30-28/h3-6,9-11,15,29H,7-8H2,1-2H3,(H,30,34). The average molecular weight is 727 g/mol. The summed E-state index contributed by atoms with van der Waals surface area (Å²) in [4.78, 5) is 53.2. The lowest BCUT2D eigenvalue weighted by Gasteiger charge is -2.21. The van der Waals surface area contributed by atoms with Crippen LogP contribution in [0.15, 0.2) is 56.8 Å². The van der Waals surface area contributed by atoms with Crippen LogP contribution in [0.5, 0.6) is 0 Å². The zero-order valence-electron chi connectivity index (χ0n) is 19.6. The summed E-state index contributed by atoms with van der Waals surface area (Å²) < 4.78 is 21.7. The van der Waals surface area contributed by atoms with Crippen LogP contribution in [-0.4, -0.2) is 19.6 Å². The van der Waals surface area contributed by atoms with E-state index in [0.717, 1.165) is 0 Å². The third kappa shape index (κ3) is 4.39. The Bertz CT molecular complexity index is 1790. The van der Waals surface area contributed by atoms with Gasteiger partial charge in [0.2, 0.25) is 0 Å². The van der Waals surface area contributed by atoms with Gasteiger partial charge in [-0.15, -0.1) is 0 Å². The highest BCUT2D eigenvalue weighted by molar-refractivity contribution is 14.1. The maximum Gasteiger partial charge on any atom is 0.336 e. The number of hydrogen-bond donors (Lipinski definition) is 2. The SMILES string of the molecule is Cc1c(=O)n(C)c(Nc2ccc(I)cc2F)c2c(=O)n(C3CC3)c(=O)n(-c3cccc(C(=O)NI)c3)c12. The fraction of sp³-hybridized carbons (Fsp3) is 0.200. The van der Waals surface area contributed by atoms with Crippen molar-refractivity contribution in [3.8, 4) is 5.69 Å². The third-order valence-electron chi connectivity index (χ3n) is 6.39. The van der Waals surface area contributed by atoms with Gasteiger partial charge >= 0.3 is 5.69 Å². The monoisotopic (exact) mass is 727 g/mol. The Balaban J connectivity index is 1.92. The molecule has 1 amide bonds. The number of aryl methyl sites for hydroxylation is 1. The molecule has 5 rings (SSSR count). The molecule has 2 heterocycles. The summed E-state index contributed by atoms with van der Waals surface area (Å²) in [5, 5.41) is 3.01. The number of amides is 1. The summed E-state index contributed by atoms with van der Waals surface area (Å²) in [5.41, 5.74) is -0.638. The molecule has 4 aromatic rings. The first-order chi connectivity index (χ1) is 17.6. The minimum Gasteiger partial charge on any atom is -0.338 e. The van der Waals surface area contributed by atoms with Crippen LogP contribution in [0.4, 0.5) is 15.9 Å². The molecule has 1 fully saturated rings. The second kappa shape index (κ2) is 9.70. The number of nitrogens with zero attached hydrogens (tertiary/aromatic N) is 3.